The minimum atomic E-state index is -0.505. The van der Waals surface area contributed by atoms with Crippen LogP contribution in [0.3, 0.4) is 0 Å². The Balaban J connectivity index is 1.71. The molecule has 4 rings (SSSR count). The van der Waals surface area contributed by atoms with Gasteiger partial charge in [0.05, 0.1) is 18.3 Å². The number of hydrogen-bond donors (Lipinski definition) is 1. The molecule has 0 bridgehead atoms. The molecule has 0 fully saturated rings. The maximum Gasteiger partial charge on any atom is 0.271 e. The van der Waals surface area contributed by atoms with Crippen molar-refractivity contribution in [3.8, 4) is 16.9 Å². The first-order valence-corrected chi connectivity index (χ1v) is 10.7. The van der Waals surface area contributed by atoms with Crippen LogP contribution in [0.2, 0.25) is 0 Å². The van der Waals surface area contributed by atoms with Crippen LogP contribution in [0.25, 0.3) is 27.7 Å². The summed E-state index contributed by atoms with van der Waals surface area (Å²) in [5, 5.41) is 14.6. The largest absolute Gasteiger partial charge is 0.496 e. The van der Waals surface area contributed by atoms with E-state index in [0.29, 0.717) is 22.6 Å². The van der Waals surface area contributed by atoms with Gasteiger partial charge < -0.3 is 14.5 Å². The Morgan fingerprint density at radius 1 is 1.09 bits per heavy atom. The normalized spacial score (nSPS) is 11.5. The first kappa shape index (κ1) is 22.8. The number of nitro benzene ring substituents is 1. The smallest absolute Gasteiger partial charge is 0.271 e. The number of fused-ring (bicyclic) bond motifs is 1. The summed E-state index contributed by atoms with van der Waals surface area (Å²) in [5.41, 5.74) is 6.72. The summed E-state index contributed by atoms with van der Waals surface area (Å²) in [4.78, 5) is 23.1. The van der Waals surface area contributed by atoms with Gasteiger partial charge in [0.15, 0.2) is 0 Å². The van der Waals surface area contributed by atoms with Gasteiger partial charge in [0.1, 0.15) is 11.3 Å². The van der Waals surface area contributed by atoms with Gasteiger partial charge in [-0.25, -0.2) is 0 Å². The van der Waals surface area contributed by atoms with Gasteiger partial charge in [-0.1, -0.05) is 29.8 Å². The summed E-state index contributed by atoms with van der Waals surface area (Å²) in [6.07, 6.45) is 3.18. The molecule has 1 N–H and O–H groups in total. The molecule has 7 heteroatoms. The molecule has 0 aliphatic heterocycles. The number of anilines is 1. The Labute approximate surface area is 196 Å². The Bertz CT molecular complexity index is 1450. The summed E-state index contributed by atoms with van der Waals surface area (Å²) in [7, 11) is 1.56. The second-order valence-electron chi connectivity index (χ2n) is 8.14. The van der Waals surface area contributed by atoms with Gasteiger partial charge in [-0.3, -0.25) is 14.9 Å². The van der Waals surface area contributed by atoms with E-state index in [2.05, 4.69) is 37.4 Å². The highest BCUT2D eigenvalue weighted by Gasteiger charge is 2.16. The lowest BCUT2D eigenvalue weighted by atomic mass is 9.96. The molecule has 0 radical (unpaired) electrons. The van der Waals surface area contributed by atoms with E-state index in [9.17, 15) is 14.9 Å². The molecular weight excluding hydrogens is 432 g/mol. The van der Waals surface area contributed by atoms with Gasteiger partial charge >= 0.3 is 0 Å². The second kappa shape index (κ2) is 9.23. The molecule has 34 heavy (non-hydrogen) atoms. The zero-order valence-electron chi connectivity index (χ0n) is 19.3. The number of benzene rings is 3. The van der Waals surface area contributed by atoms with Crippen molar-refractivity contribution in [2.24, 2.45) is 0 Å². The lowest BCUT2D eigenvalue weighted by Crippen LogP contribution is -2.09. The molecule has 4 aromatic rings. The number of nitrogens with zero attached hydrogens (tertiary/aromatic N) is 1. The molecular formula is C27H24N2O5. The van der Waals surface area contributed by atoms with Crippen LogP contribution >= 0.6 is 0 Å². The summed E-state index contributed by atoms with van der Waals surface area (Å²) >= 11 is 0. The molecule has 172 valence electrons. The Morgan fingerprint density at radius 3 is 2.59 bits per heavy atom. The number of ether oxygens (including phenoxy) is 1. The number of hydrogen-bond acceptors (Lipinski definition) is 5. The van der Waals surface area contributed by atoms with E-state index in [1.807, 2.05) is 19.1 Å². The first-order valence-electron chi connectivity index (χ1n) is 10.7. The van der Waals surface area contributed by atoms with Crippen LogP contribution in [0.5, 0.6) is 5.75 Å². The average Bonchev–Trinajstić information content (AvgIpc) is 3.20. The molecule has 3 aromatic carbocycles. The lowest BCUT2D eigenvalue weighted by molar-refractivity contribution is -0.384. The minimum Gasteiger partial charge on any atom is -0.496 e. The first-order chi connectivity index (χ1) is 16.3. The topological polar surface area (TPSA) is 94.6 Å². The zero-order chi connectivity index (χ0) is 24.4. The molecule has 0 saturated carbocycles. The van der Waals surface area contributed by atoms with E-state index in [0.717, 1.165) is 27.6 Å². The van der Waals surface area contributed by atoms with Crippen molar-refractivity contribution in [2.45, 2.75) is 20.8 Å². The third-order valence-corrected chi connectivity index (χ3v) is 5.66. The number of amides is 1. The SMILES string of the molecule is COc1cc2occ(-c3ccc(C)cc3C)c2cc1/C(C)=C/C(=O)Nc1cccc([N+](=O)[O-])c1. The molecule has 0 spiro atoms. The van der Waals surface area contributed by atoms with Crippen LogP contribution in [0, 0.1) is 24.0 Å². The van der Waals surface area contributed by atoms with Crippen LogP contribution in [0.1, 0.15) is 23.6 Å². The Morgan fingerprint density at radius 2 is 1.88 bits per heavy atom. The van der Waals surface area contributed by atoms with E-state index in [4.69, 9.17) is 9.15 Å². The molecule has 0 atom stereocenters. The fourth-order valence-electron chi connectivity index (χ4n) is 4.01. The summed E-state index contributed by atoms with van der Waals surface area (Å²) < 4.78 is 11.4. The van der Waals surface area contributed by atoms with E-state index in [1.54, 1.807) is 19.4 Å². The quantitative estimate of drug-likeness (QED) is 0.198. The molecule has 1 heterocycles. The van der Waals surface area contributed by atoms with E-state index in [1.165, 1.54) is 29.8 Å². The van der Waals surface area contributed by atoms with Crippen LogP contribution in [0.4, 0.5) is 11.4 Å². The number of methoxy groups -OCH3 is 1. The number of non-ortho nitro benzene ring substituents is 1. The predicted molar refractivity (Wildman–Crippen MR) is 133 cm³/mol. The number of aryl methyl sites for hydroxylation is 2. The fourth-order valence-corrected chi connectivity index (χ4v) is 4.01. The summed E-state index contributed by atoms with van der Waals surface area (Å²) in [5.74, 6) is 0.174. The summed E-state index contributed by atoms with van der Waals surface area (Å²) in [6.45, 7) is 5.93. The van der Waals surface area contributed by atoms with E-state index >= 15 is 0 Å². The summed E-state index contributed by atoms with van der Waals surface area (Å²) in [6, 6.07) is 15.8. The number of allylic oxidation sites excluding steroid dienone is 1. The van der Waals surface area contributed by atoms with Gasteiger partial charge in [0.2, 0.25) is 5.91 Å². The number of nitro groups is 1. The molecule has 7 nitrogen and oxygen atoms in total. The third kappa shape index (κ3) is 4.54. The molecule has 0 aliphatic carbocycles. The number of rotatable bonds is 6. The average molecular weight is 456 g/mol. The van der Waals surface area contributed by atoms with Crippen molar-refractivity contribution < 1.29 is 18.9 Å². The fraction of sp³-hybridized carbons (Fsp3) is 0.148. The van der Waals surface area contributed by atoms with Crippen molar-refractivity contribution in [1.29, 1.82) is 0 Å². The Kier molecular flexibility index (Phi) is 6.19. The van der Waals surface area contributed by atoms with E-state index in [-0.39, 0.29) is 5.69 Å². The van der Waals surface area contributed by atoms with Gasteiger partial charge in [-0.15, -0.1) is 0 Å². The molecule has 0 unspecified atom stereocenters. The van der Waals surface area contributed by atoms with Gasteiger partial charge in [0, 0.05) is 46.5 Å². The number of carbonyl (C=O) groups excluding carboxylic acids is 1. The van der Waals surface area contributed by atoms with Gasteiger partial charge in [0.25, 0.3) is 5.69 Å². The van der Waals surface area contributed by atoms with Crippen LogP contribution in [-0.2, 0) is 4.79 Å². The number of carbonyl (C=O) groups is 1. The number of nitrogens with one attached hydrogen (secondary N) is 1. The number of furan rings is 1. The van der Waals surface area contributed by atoms with Crippen molar-refractivity contribution in [3.05, 3.63) is 93.7 Å². The molecule has 0 saturated heterocycles. The van der Waals surface area contributed by atoms with Crippen LogP contribution in [0.15, 0.2) is 71.4 Å². The van der Waals surface area contributed by atoms with Crippen LogP contribution in [-0.4, -0.2) is 17.9 Å². The van der Waals surface area contributed by atoms with Gasteiger partial charge in [-0.05, 0) is 49.6 Å². The van der Waals surface area contributed by atoms with Gasteiger partial charge in [-0.2, -0.15) is 0 Å². The monoisotopic (exact) mass is 456 g/mol. The predicted octanol–water partition coefficient (Wildman–Crippen LogP) is 6.68. The standard InChI is InChI=1S/C27H24N2O5/c1-16-8-9-21(17(2)10-16)24-15-34-26-14-25(33-4)22(13-23(24)26)18(3)11-27(30)28-19-6-5-7-20(12-19)29(31)32/h5-15H,1-4H3,(H,28,30)/b18-11+. The van der Waals surface area contributed by atoms with Crippen molar-refractivity contribution in [3.63, 3.8) is 0 Å². The zero-order valence-corrected chi connectivity index (χ0v) is 19.3. The highest BCUT2D eigenvalue weighted by molar-refractivity contribution is 6.05. The van der Waals surface area contributed by atoms with Crippen molar-refractivity contribution in [1.82, 2.24) is 0 Å². The maximum atomic E-state index is 12.6. The minimum absolute atomic E-state index is 0.0930. The molecule has 1 amide bonds. The highest BCUT2D eigenvalue weighted by atomic mass is 16.6. The van der Waals surface area contributed by atoms with Crippen molar-refractivity contribution in [2.75, 3.05) is 12.4 Å². The van der Waals surface area contributed by atoms with Crippen molar-refractivity contribution >= 4 is 33.8 Å². The lowest BCUT2D eigenvalue weighted by Gasteiger charge is -2.11. The third-order valence-electron chi connectivity index (χ3n) is 5.66. The maximum absolute atomic E-state index is 12.6. The highest BCUT2D eigenvalue weighted by Crippen LogP contribution is 2.38. The second-order valence-corrected chi connectivity index (χ2v) is 8.14. The van der Waals surface area contributed by atoms with Crippen LogP contribution < -0.4 is 10.1 Å². The Hall–Kier alpha value is -4.39. The molecule has 0 aliphatic rings. The van der Waals surface area contributed by atoms with E-state index < -0.39 is 10.8 Å². The molecule has 1 aromatic heterocycles.